The standard InChI is InChI=1S/C20H18ClF2N3O2/c1-12-18(13(2)26(25-12)11-15-6-3-4-9-17(15)21)24-19(27)14-7-5-8-16(10-14)28-20(22)23/h3-10,20H,11H2,1-2H3,(H,24,27). The summed E-state index contributed by atoms with van der Waals surface area (Å²) in [5.41, 5.74) is 3.07. The molecule has 0 unspecified atom stereocenters. The van der Waals surface area contributed by atoms with E-state index in [2.05, 4.69) is 15.2 Å². The van der Waals surface area contributed by atoms with Gasteiger partial charge in [-0.1, -0.05) is 35.9 Å². The van der Waals surface area contributed by atoms with Crippen molar-refractivity contribution in [2.75, 3.05) is 5.32 Å². The first kappa shape index (κ1) is 19.8. The molecule has 0 aliphatic carbocycles. The van der Waals surface area contributed by atoms with Crippen molar-refractivity contribution in [3.63, 3.8) is 0 Å². The van der Waals surface area contributed by atoms with E-state index >= 15 is 0 Å². The van der Waals surface area contributed by atoms with Gasteiger partial charge in [0.25, 0.3) is 5.91 Å². The minimum atomic E-state index is -2.95. The second-order valence-electron chi connectivity index (χ2n) is 6.16. The maximum atomic E-state index is 12.6. The Labute approximate surface area is 165 Å². The first-order chi connectivity index (χ1) is 13.3. The van der Waals surface area contributed by atoms with Crippen molar-refractivity contribution in [3.05, 3.63) is 76.1 Å². The number of carbonyl (C=O) groups excluding carboxylic acids is 1. The molecule has 0 atom stereocenters. The number of aryl methyl sites for hydroxylation is 1. The van der Waals surface area contributed by atoms with E-state index in [9.17, 15) is 13.6 Å². The monoisotopic (exact) mass is 405 g/mol. The summed E-state index contributed by atoms with van der Waals surface area (Å²) >= 11 is 6.21. The van der Waals surface area contributed by atoms with Crippen LogP contribution in [0, 0.1) is 13.8 Å². The lowest BCUT2D eigenvalue weighted by atomic mass is 10.2. The largest absolute Gasteiger partial charge is 0.435 e. The number of halogens is 3. The smallest absolute Gasteiger partial charge is 0.387 e. The SMILES string of the molecule is Cc1nn(Cc2ccccc2Cl)c(C)c1NC(=O)c1cccc(OC(F)F)c1. The van der Waals surface area contributed by atoms with Gasteiger partial charge in [0.2, 0.25) is 0 Å². The molecule has 0 bridgehead atoms. The van der Waals surface area contributed by atoms with Gasteiger partial charge in [0.1, 0.15) is 5.75 Å². The summed E-state index contributed by atoms with van der Waals surface area (Å²) in [5, 5.41) is 7.90. The molecule has 5 nitrogen and oxygen atoms in total. The quantitative estimate of drug-likeness (QED) is 0.624. The fraction of sp³-hybridized carbons (Fsp3) is 0.200. The first-order valence-corrected chi connectivity index (χ1v) is 8.86. The molecule has 0 saturated heterocycles. The van der Waals surface area contributed by atoms with Crippen LogP contribution >= 0.6 is 11.6 Å². The lowest BCUT2D eigenvalue weighted by molar-refractivity contribution is -0.0498. The molecular weight excluding hydrogens is 388 g/mol. The second kappa shape index (κ2) is 8.39. The van der Waals surface area contributed by atoms with E-state index in [0.717, 1.165) is 11.3 Å². The molecule has 0 saturated carbocycles. The van der Waals surface area contributed by atoms with Crippen molar-refractivity contribution in [3.8, 4) is 5.75 Å². The maximum Gasteiger partial charge on any atom is 0.387 e. The minimum Gasteiger partial charge on any atom is -0.435 e. The van der Waals surface area contributed by atoms with E-state index < -0.39 is 12.5 Å². The molecule has 0 spiro atoms. The molecule has 3 aromatic rings. The van der Waals surface area contributed by atoms with Crippen LogP contribution in [0.5, 0.6) is 5.75 Å². The number of nitrogens with one attached hydrogen (secondary N) is 1. The Balaban J connectivity index is 1.80. The zero-order valence-electron chi connectivity index (χ0n) is 15.2. The number of nitrogens with zero attached hydrogens (tertiary/aromatic N) is 2. The minimum absolute atomic E-state index is 0.0782. The van der Waals surface area contributed by atoms with E-state index in [4.69, 9.17) is 11.6 Å². The lowest BCUT2D eigenvalue weighted by Gasteiger charge is -2.09. The highest BCUT2D eigenvalue weighted by Gasteiger charge is 2.17. The number of alkyl halides is 2. The molecule has 0 aliphatic heterocycles. The second-order valence-corrected chi connectivity index (χ2v) is 6.56. The fourth-order valence-corrected chi connectivity index (χ4v) is 3.01. The van der Waals surface area contributed by atoms with Crippen molar-refractivity contribution in [2.45, 2.75) is 27.0 Å². The Morgan fingerprint density at radius 2 is 1.96 bits per heavy atom. The predicted molar refractivity (Wildman–Crippen MR) is 103 cm³/mol. The van der Waals surface area contributed by atoms with Crippen LogP contribution in [0.25, 0.3) is 0 Å². The summed E-state index contributed by atoms with van der Waals surface area (Å²) in [6.45, 7) is 1.12. The van der Waals surface area contributed by atoms with Crippen molar-refractivity contribution in [1.82, 2.24) is 9.78 Å². The molecular formula is C20H18ClF2N3O2. The molecule has 1 N–H and O–H groups in total. The summed E-state index contributed by atoms with van der Waals surface area (Å²) < 4.78 is 30.8. The fourth-order valence-electron chi connectivity index (χ4n) is 2.82. The number of ether oxygens (including phenoxy) is 1. The van der Waals surface area contributed by atoms with Crippen LogP contribution in [0.15, 0.2) is 48.5 Å². The van der Waals surface area contributed by atoms with Gasteiger partial charge in [0, 0.05) is 10.6 Å². The molecule has 146 valence electrons. The molecule has 0 fully saturated rings. The van der Waals surface area contributed by atoms with Gasteiger partial charge >= 0.3 is 6.61 Å². The number of hydrogen-bond donors (Lipinski definition) is 1. The molecule has 28 heavy (non-hydrogen) atoms. The highest BCUT2D eigenvalue weighted by atomic mass is 35.5. The topological polar surface area (TPSA) is 56.2 Å². The summed E-state index contributed by atoms with van der Waals surface area (Å²) in [5.74, 6) is -0.520. The zero-order valence-corrected chi connectivity index (χ0v) is 16.0. The van der Waals surface area contributed by atoms with Crippen molar-refractivity contribution in [1.29, 1.82) is 0 Å². The Morgan fingerprint density at radius 1 is 1.21 bits per heavy atom. The van der Waals surface area contributed by atoms with E-state index in [0.29, 0.717) is 22.9 Å². The molecule has 0 aliphatic rings. The zero-order chi connectivity index (χ0) is 20.3. The van der Waals surface area contributed by atoms with Gasteiger partial charge in [-0.3, -0.25) is 9.48 Å². The predicted octanol–water partition coefficient (Wildman–Crippen LogP) is 5.06. The van der Waals surface area contributed by atoms with E-state index in [1.165, 1.54) is 24.3 Å². The number of amides is 1. The molecule has 2 aromatic carbocycles. The van der Waals surface area contributed by atoms with Crippen LogP contribution in [0.1, 0.15) is 27.3 Å². The van der Waals surface area contributed by atoms with Gasteiger partial charge in [-0.25, -0.2) is 0 Å². The molecule has 0 radical (unpaired) electrons. The van der Waals surface area contributed by atoms with Crippen LogP contribution in [0.2, 0.25) is 5.02 Å². The van der Waals surface area contributed by atoms with Crippen LogP contribution in [-0.2, 0) is 6.54 Å². The lowest BCUT2D eigenvalue weighted by Crippen LogP contribution is -2.14. The van der Waals surface area contributed by atoms with Crippen molar-refractivity contribution in [2.24, 2.45) is 0 Å². The van der Waals surface area contributed by atoms with Gasteiger partial charge in [-0.15, -0.1) is 0 Å². The summed E-state index contributed by atoms with van der Waals surface area (Å²) in [7, 11) is 0. The number of anilines is 1. The third kappa shape index (κ3) is 4.48. The third-order valence-corrected chi connectivity index (χ3v) is 4.59. The molecule has 8 heteroatoms. The normalized spacial score (nSPS) is 10.9. The van der Waals surface area contributed by atoms with Crippen LogP contribution in [0.4, 0.5) is 14.5 Å². The third-order valence-electron chi connectivity index (χ3n) is 4.22. The van der Waals surface area contributed by atoms with Gasteiger partial charge in [-0.05, 0) is 43.7 Å². The maximum absolute atomic E-state index is 12.6. The summed E-state index contributed by atoms with van der Waals surface area (Å²) in [6, 6.07) is 13.1. The van der Waals surface area contributed by atoms with Crippen LogP contribution in [-0.4, -0.2) is 22.3 Å². The summed E-state index contributed by atoms with van der Waals surface area (Å²) in [6.07, 6.45) is 0. The van der Waals surface area contributed by atoms with E-state index in [-0.39, 0.29) is 11.3 Å². The average molecular weight is 406 g/mol. The number of aromatic nitrogens is 2. The molecule has 3 rings (SSSR count). The Hall–Kier alpha value is -2.93. The van der Waals surface area contributed by atoms with Gasteiger partial charge in [-0.2, -0.15) is 13.9 Å². The number of carbonyl (C=O) groups is 1. The van der Waals surface area contributed by atoms with E-state index in [1.54, 1.807) is 17.7 Å². The first-order valence-electron chi connectivity index (χ1n) is 8.49. The Morgan fingerprint density at radius 3 is 2.68 bits per heavy atom. The molecule has 1 heterocycles. The molecule has 1 aromatic heterocycles. The molecule has 1 amide bonds. The average Bonchev–Trinajstić information content (AvgIpc) is 2.90. The number of rotatable bonds is 6. The van der Waals surface area contributed by atoms with Gasteiger partial charge in [0.15, 0.2) is 0 Å². The van der Waals surface area contributed by atoms with Crippen LogP contribution < -0.4 is 10.1 Å². The van der Waals surface area contributed by atoms with Crippen molar-refractivity contribution >= 4 is 23.2 Å². The summed E-state index contributed by atoms with van der Waals surface area (Å²) in [4.78, 5) is 12.6. The Kier molecular flexibility index (Phi) is 5.94. The van der Waals surface area contributed by atoms with Gasteiger partial charge < -0.3 is 10.1 Å². The van der Waals surface area contributed by atoms with Gasteiger partial charge in [0.05, 0.1) is 23.6 Å². The Bertz CT molecular complexity index is 1000. The van der Waals surface area contributed by atoms with Crippen molar-refractivity contribution < 1.29 is 18.3 Å². The van der Waals surface area contributed by atoms with Crippen LogP contribution in [0.3, 0.4) is 0 Å². The van der Waals surface area contributed by atoms with E-state index in [1.807, 2.05) is 25.1 Å². The highest BCUT2D eigenvalue weighted by molar-refractivity contribution is 6.31. The number of benzene rings is 2. The number of hydrogen-bond acceptors (Lipinski definition) is 3. The highest BCUT2D eigenvalue weighted by Crippen LogP contribution is 2.24.